The molecule has 10 heteroatoms. The lowest BCUT2D eigenvalue weighted by atomic mass is 10.5. The Labute approximate surface area is 99.5 Å². The zero-order chi connectivity index (χ0) is 14.0. The van der Waals surface area contributed by atoms with Gasteiger partial charge >= 0.3 is 23.9 Å². The monoisotopic (exact) mass is 260 g/mol. The number of oxime groups is 2. The summed E-state index contributed by atoms with van der Waals surface area (Å²) in [5.41, 5.74) is 0. The van der Waals surface area contributed by atoms with E-state index in [-0.39, 0.29) is 0 Å². The van der Waals surface area contributed by atoms with Crippen LogP contribution < -0.4 is 0 Å². The van der Waals surface area contributed by atoms with E-state index in [1.54, 1.807) is 0 Å². The molecule has 0 heterocycles. The number of aliphatic carboxylic acids is 2. The maximum Gasteiger partial charge on any atom is 0.445 e. The van der Waals surface area contributed by atoms with E-state index in [1.165, 1.54) is 0 Å². The van der Waals surface area contributed by atoms with E-state index in [4.69, 9.17) is 10.2 Å². The molecule has 98 valence electrons. The van der Waals surface area contributed by atoms with Crippen LogP contribution in [0.4, 0.5) is 0 Å². The predicted molar refractivity (Wildman–Crippen MR) is 53.7 cm³/mol. The van der Waals surface area contributed by atoms with Crippen LogP contribution in [0.15, 0.2) is 10.3 Å². The zero-order valence-electron chi connectivity index (χ0n) is 8.81. The predicted octanol–water partition coefficient (Wildman–Crippen LogP) is -1.01. The standard InChI is InChI=1S/C8H8N2O8/c11-5(12)1-3-9-17-7(15)8(16)18-10-4-2-6(13)14/h3-4H,1-2H2,(H,11,12)(H,13,14). The summed E-state index contributed by atoms with van der Waals surface area (Å²) in [5.74, 6) is -5.44. The highest BCUT2D eigenvalue weighted by Crippen LogP contribution is 1.87. The molecule has 10 nitrogen and oxygen atoms in total. The highest BCUT2D eigenvalue weighted by Gasteiger charge is 2.17. The second kappa shape index (κ2) is 8.38. The van der Waals surface area contributed by atoms with Crippen LogP contribution in [-0.2, 0) is 28.9 Å². The first-order chi connectivity index (χ1) is 8.43. The van der Waals surface area contributed by atoms with E-state index in [2.05, 4.69) is 20.0 Å². The van der Waals surface area contributed by atoms with Gasteiger partial charge in [0.05, 0.1) is 25.3 Å². The number of rotatable bonds is 6. The molecule has 0 radical (unpaired) electrons. The molecule has 0 rings (SSSR count). The molecular formula is C8H8N2O8. The lowest BCUT2D eigenvalue weighted by molar-refractivity contribution is -0.167. The second-order valence-electron chi connectivity index (χ2n) is 2.53. The molecule has 0 unspecified atom stereocenters. The summed E-state index contributed by atoms with van der Waals surface area (Å²) in [4.78, 5) is 49.4. The van der Waals surface area contributed by atoms with Gasteiger partial charge in [-0.3, -0.25) is 9.59 Å². The molecule has 0 aromatic carbocycles. The van der Waals surface area contributed by atoms with Gasteiger partial charge < -0.3 is 19.9 Å². The van der Waals surface area contributed by atoms with Crippen LogP contribution >= 0.6 is 0 Å². The topological polar surface area (TPSA) is 152 Å². The molecule has 0 saturated carbocycles. The number of carbonyl (C=O) groups is 4. The van der Waals surface area contributed by atoms with Crippen molar-refractivity contribution in [1.29, 1.82) is 0 Å². The average molecular weight is 260 g/mol. The summed E-state index contributed by atoms with van der Waals surface area (Å²) in [6.07, 6.45) is 0.528. The number of hydrogen-bond donors (Lipinski definition) is 2. The maximum atomic E-state index is 10.8. The van der Waals surface area contributed by atoms with E-state index in [1.807, 2.05) is 0 Å². The number of carbonyl (C=O) groups excluding carboxylic acids is 2. The van der Waals surface area contributed by atoms with Crippen molar-refractivity contribution in [2.24, 2.45) is 10.3 Å². The van der Waals surface area contributed by atoms with E-state index < -0.39 is 36.7 Å². The molecule has 0 aliphatic rings. The maximum absolute atomic E-state index is 10.8. The molecule has 0 atom stereocenters. The summed E-state index contributed by atoms with van der Waals surface area (Å²) >= 11 is 0. The van der Waals surface area contributed by atoms with Crippen LogP contribution in [0.3, 0.4) is 0 Å². The number of carboxylic acids is 2. The Morgan fingerprint density at radius 2 is 1.17 bits per heavy atom. The third-order valence-corrected chi connectivity index (χ3v) is 1.12. The van der Waals surface area contributed by atoms with Crippen LogP contribution in [0, 0.1) is 0 Å². The number of nitrogens with zero attached hydrogens (tertiary/aromatic N) is 2. The molecule has 0 bridgehead atoms. The normalized spacial score (nSPS) is 10.4. The number of hydrogen-bond acceptors (Lipinski definition) is 8. The van der Waals surface area contributed by atoms with Gasteiger partial charge in [-0.25, -0.2) is 9.59 Å². The summed E-state index contributed by atoms with van der Waals surface area (Å²) in [6.45, 7) is 0. The second-order valence-corrected chi connectivity index (χ2v) is 2.53. The van der Waals surface area contributed by atoms with Gasteiger partial charge in [-0.1, -0.05) is 10.3 Å². The van der Waals surface area contributed by atoms with E-state index in [0.717, 1.165) is 12.4 Å². The molecule has 0 aliphatic carbocycles. The Morgan fingerprint density at radius 1 is 0.833 bits per heavy atom. The highest BCUT2D eigenvalue weighted by molar-refractivity contribution is 6.29. The lowest BCUT2D eigenvalue weighted by Crippen LogP contribution is -2.16. The van der Waals surface area contributed by atoms with Crippen molar-refractivity contribution in [2.45, 2.75) is 12.8 Å². The van der Waals surface area contributed by atoms with Crippen LogP contribution in [0.5, 0.6) is 0 Å². The van der Waals surface area contributed by atoms with Crippen LogP contribution in [0.1, 0.15) is 12.8 Å². The lowest BCUT2D eigenvalue weighted by Gasteiger charge is -1.93. The van der Waals surface area contributed by atoms with Gasteiger partial charge in [-0.05, 0) is 0 Å². The SMILES string of the molecule is O=C(O)CC=NOC(=O)C(=O)ON=CCC(=O)O. The van der Waals surface area contributed by atoms with Crippen molar-refractivity contribution in [2.75, 3.05) is 0 Å². The molecule has 0 aliphatic heterocycles. The van der Waals surface area contributed by atoms with Gasteiger partial charge in [0.2, 0.25) is 0 Å². The molecule has 0 aromatic rings. The average Bonchev–Trinajstić information content (AvgIpc) is 2.29. The summed E-state index contributed by atoms with van der Waals surface area (Å²) in [6, 6.07) is 0. The highest BCUT2D eigenvalue weighted by atomic mass is 16.7. The fourth-order valence-electron chi connectivity index (χ4n) is 0.476. The molecule has 0 fully saturated rings. The first-order valence-electron chi connectivity index (χ1n) is 4.33. The molecule has 0 saturated heterocycles. The van der Waals surface area contributed by atoms with Gasteiger partial charge in [0.1, 0.15) is 0 Å². The van der Waals surface area contributed by atoms with Gasteiger partial charge in [0.15, 0.2) is 0 Å². The van der Waals surface area contributed by atoms with E-state index in [0.29, 0.717) is 0 Å². The van der Waals surface area contributed by atoms with Crippen molar-refractivity contribution in [3.05, 3.63) is 0 Å². The first kappa shape index (κ1) is 15.2. The van der Waals surface area contributed by atoms with Gasteiger partial charge in [-0.15, -0.1) is 0 Å². The Morgan fingerprint density at radius 3 is 1.44 bits per heavy atom. The largest absolute Gasteiger partial charge is 0.481 e. The van der Waals surface area contributed by atoms with Gasteiger partial charge in [-0.2, -0.15) is 0 Å². The van der Waals surface area contributed by atoms with Crippen molar-refractivity contribution < 1.29 is 39.1 Å². The van der Waals surface area contributed by atoms with E-state index in [9.17, 15) is 19.2 Å². The zero-order valence-corrected chi connectivity index (χ0v) is 8.81. The van der Waals surface area contributed by atoms with Gasteiger partial charge in [0.25, 0.3) is 0 Å². The molecule has 18 heavy (non-hydrogen) atoms. The minimum Gasteiger partial charge on any atom is -0.481 e. The Hall–Kier alpha value is -2.78. The molecule has 0 spiro atoms. The number of carboxylic acid groups (broad SMARTS) is 2. The molecule has 2 N–H and O–H groups in total. The fourth-order valence-corrected chi connectivity index (χ4v) is 0.476. The minimum absolute atomic E-state index is 0.487. The van der Waals surface area contributed by atoms with Crippen LogP contribution in [0.25, 0.3) is 0 Å². The summed E-state index contributed by atoms with van der Waals surface area (Å²) in [7, 11) is 0. The fraction of sp³-hybridized carbons (Fsp3) is 0.250. The van der Waals surface area contributed by atoms with Crippen molar-refractivity contribution >= 4 is 36.3 Å². The van der Waals surface area contributed by atoms with Crippen molar-refractivity contribution in [3.8, 4) is 0 Å². The van der Waals surface area contributed by atoms with Gasteiger partial charge in [0, 0.05) is 0 Å². The minimum atomic E-state index is -1.52. The summed E-state index contributed by atoms with van der Waals surface area (Å²) in [5, 5.41) is 22.1. The van der Waals surface area contributed by atoms with Crippen molar-refractivity contribution in [3.63, 3.8) is 0 Å². The quantitative estimate of drug-likeness (QED) is 0.267. The molecule has 0 amide bonds. The summed E-state index contributed by atoms with van der Waals surface area (Å²) < 4.78 is 0. The Balaban J connectivity index is 3.93. The molecular weight excluding hydrogens is 252 g/mol. The third kappa shape index (κ3) is 8.52. The van der Waals surface area contributed by atoms with E-state index >= 15 is 0 Å². The van der Waals surface area contributed by atoms with Crippen molar-refractivity contribution in [1.82, 2.24) is 0 Å². The third-order valence-electron chi connectivity index (χ3n) is 1.12. The molecule has 0 aromatic heterocycles. The Bertz CT molecular complexity index is 362. The van der Waals surface area contributed by atoms with Crippen LogP contribution in [-0.4, -0.2) is 46.5 Å². The van der Waals surface area contributed by atoms with Crippen LogP contribution in [0.2, 0.25) is 0 Å². The smallest absolute Gasteiger partial charge is 0.445 e. The first-order valence-corrected chi connectivity index (χ1v) is 4.33. The Kier molecular flexibility index (Phi) is 7.09.